The van der Waals surface area contributed by atoms with Gasteiger partial charge in [0.05, 0.1) is 11.4 Å². The van der Waals surface area contributed by atoms with Gasteiger partial charge >= 0.3 is 5.97 Å². The molecule has 1 amide bonds. The third-order valence-corrected chi connectivity index (χ3v) is 4.13. The first-order valence-electron chi connectivity index (χ1n) is 8.21. The van der Waals surface area contributed by atoms with Crippen LogP contribution in [0.15, 0.2) is 54.0 Å². The molecule has 1 unspecified atom stereocenters. The normalized spacial score (nSPS) is 16.3. The predicted octanol–water partition coefficient (Wildman–Crippen LogP) is 1.20. The standard InChI is InChI=1S/C18H19N5O3/c1-22(10-7-13-12-19-8-9-20-13)17(24)15-11-16(18(25)26)23(21-15)14-5-3-2-4-6-14/h2-6,8-9,12,16H,7,10-11H2,1H3,(H,25,26). The van der Waals surface area contributed by atoms with Crippen molar-refractivity contribution in [3.63, 3.8) is 0 Å². The van der Waals surface area contributed by atoms with Gasteiger partial charge in [-0.15, -0.1) is 0 Å². The Hall–Kier alpha value is -3.29. The molecule has 1 aromatic heterocycles. The van der Waals surface area contributed by atoms with E-state index in [1.807, 2.05) is 6.07 Å². The molecule has 0 spiro atoms. The highest BCUT2D eigenvalue weighted by molar-refractivity contribution is 6.40. The summed E-state index contributed by atoms with van der Waals surface area (Å²) in [4.78, 5) is 33.9. The van der Waals surface area contributed by atoms with E-state index in [2.05, 4.69) is 15.1 Å². The zero-order chi connectivity index (χ0) is 18.5. The molecule has 1 atom stereocenters. The van der Waals surface area contributed by atoms with Crippen molar-refractivity contribution in [3.8, 4) is 0 Å². The molecule has 8 nitrogen and oxygen atoms in total. The topological polar surface area (TPSA) is 99.0 Å². The van der Waals surface area contributed by atoms with Crippen molar-refractivity contribution >= 4 is 23.3 Å². The zero-order valence-corrected chi connectivity index (χ0v) is 14.3. The molecule has 2 aromatic rings. The Morgan fingerprint density at radius 2 is 2.04 bits per heavy atom. The van der Waals surface area contributed by atoms with Gasteiger partial charge in [-0.1, -0.05) is 18.2 Å². The van der Waals surface area contributed by atoms with Gasteiger partial charge in [-0.05, 0) is 12.1 Å². The Balaban J connectivity index is 1.71. The molecule has 3 rings (SSSR count). The Morgan fingerprint density at radius 1 is 1.27 bits per heavy atom. The maximum atomic E-state index is 12.7. The Bertz CT molecular complexity index is 810. The van der Waals surface area contributed by atoms with E-state index in [1.165, 1.54) is 9.91 Å². The number of carbonyl (C=O) groups excluding carboxylic acids is 1. The second kappa shape index (κ2) is 7.73. The fourth-order valence-corrected chi connectivity index (χ4v) is 2.71. The Morgan fingerprint density at radius 3 is 2.69 bits per heavy atom. The van der Waals surface area contributed by atoms with Crippen LogP contribution in [-0.2, 0) is 16.0 Å². The summed E-state index contributed by atoms with van der Waals surface area (Å²) in [6.45, 7) is 0.444. The number of para-hydroxylation sites is 1. The van der Waals surface area contributed by atoms with Gasteiger partial charge in [-0.2, -0.15) is 5.10 Å². The summed E-state index contributed by atoms with van der Waals surface area (Å²) in [5, 5.41) is 15.2. The number of aliphatic carboxylic acids is 1. The molecule has 1 aliphatic rings. The molecule has 8 heteroatoms. The molecule has 0 aliphatic carbocycles. The molecular weight excluding hydrogens is 334 g/mol. The van der Waals surface area contributed by atoms with Crippen LogP contribution in [-0.4, -0.2) is 57.2 Å². The number of aromatic nitrogens is 2. The number of hydrogen-bond acceptors (Lipinski definition) is 6. The second-order valence-corrected chi connectivity index (χ2v) is 5.96. The number of carbonyl (C=O) groups is 2. The number of likely N-dealkylation sites (N-methyl/N-ethyl adjacent to an activating group) is 1. The van der Waals surface area contributed by atoms with E-state index in [4.69, 9.17) is 0 Å². The number of nitrogens with zero attached hydrogens (tertiary/aromatic N) is 5. The molecule has 1 aromatic carbocycles. The van der Waals surface area contributed by atoms with E-state index in [9.17, 15) is 14.7 Å². The molecule has 0 bridgehead atoms. The maximum absolute atomic E-state index is 12.7. The maximum Gasteiger partial charge on any atom is 0.328 e. The van der Waals surface area contributed by atoms with Crippen LogP contribution in [0.4, 0.5) is 5.69 Å². The first kappa shape index (κ1) is 17.5. The average Bonchev–Trinajstić information content (AvgIpc) is 3.13. The van der Waals surface area contributed by atoms with Gasteiger partial charge in [0.25, 0.3) is 5.91 Å². The molecule has 1 aliphatic heterocycles. The summed E-state index contributed by atoms with van der Waals surface area (Å²) >= 11 is 0. The number of benzene rings is 1. The van der Waals surface area contributed by atoms with Gasteiger partial charge in [0.15, 0.2) is 6.04 Å². The minimum Gasteiger partial charge on any atom is -0.480 e. The van der Waals surface area contributed by atoms with E-state index in [0.717, 1.165) is 5.69 Å². The SMILES string of the molecule is CN(CCc1cnccn1)C(=O)C1=NN(c2ccccc2)C(C(=O)O)C1. The van der Waals surface area contributed by atoms with Gasteiger partial charge in [0.2, 0.25) is 0 Å². The van der Waals surface area contributed by atoms with E-state index < -0.39 is 12.0 Å². The quantitative estimate of drug-likeness (QED) is 0.838. The molecule has 26 heavy (non-hydrogen) atoms. The lowest BCUT2D eigenvalue weighted by molar-refractivity contribution is -0.138. The van der Waals surface area contributed by atoms with Crippen molar-refractivity contribution < 1.29 is 14.7 Å². The van der Waals surface area contributed by atoms with Gasteiger partial charge in [-0.25, -0.2) is 4.79 Å². The number of rotatable bonds is 6. The number of amides is 1. The highest BCUT2D eigenvalue weighted by Crippen LogP contribution is 2.25. The highest BCUT2D eigenvalue weighted by atomic mass is 16.4. The van der Waals surface area contributed by atoms with Crippen LogP contribution in [0.5, 0.6) is 0 Å². The van der Waals surface area contributed by atoms with Crippen molar-refractivity contribution in [1.82, 2.24) is 14.9 Å². The first-order valence-corrected chi connectivity index (χ1v) is 8.21. The summed E-state index contributed by atoms with van der Waals surface area (Å²) in [6, 6.07) is 8.10. The van der Waals surface area contributed by atoms with Gasteiger partial charge in [0.1, 0.15) is 5.71 Å². The van der Waals surface area contributed by atoms with Crippen molar-refractivity contribution in [1.29, 1.82) is 0 Å². The highest BCUT2D eigenvalue weighted by Gasteiger charge is 2.36. The summed E-state index contributed by atoms with van der Waals surface area (Å²) < 4.78 is 0. The Labute approximate surface area is 150 Å². The van der Waals surface area contributed by atoms with Crippen LogP contribution < -0.4 is 5.01 Å². The van der Waals surface area contributed by atoms with Crippen molar-refractivity contribution in [2.24, 2.45) is 5.10 Å². The van der Waals surface area contributed by atoms with E-state index in [0.29, 0.717) is 18.7 Å². The lowest BCUT2D eigenvalue weighted by Gasteiger charge is -2.19. The Kier molecular flexibility index (Phi) is 5.21. The lowest BCUT2D eigenvalue weighted by Crippen LogP contribution is -2.36. The summed E-state index contributed by atoms with van der Waals surface area (Å²) in [5.74, 6) is -1.29. The number of carboxylic acids is 1. The van der Waals surface area contributed by atoms with Crippen molar-refractivity contribution in [2.75, 3.05) is 18.6 Å². The summed E-state index contributed by atoms with van der Waals surface area (Å²) in [6.07, 6.45) is 5.49. The average molecular weight is 353 g/mol. The third kappa shape index (κ3) is 3.85. The monoisotopic (exact) mass is 353 g/mol. The number of anilines is 1. The fraction of sp³-hybridized carbons (Fsp3) is 0.278. The molecule has 0 radical (unpaired) electrons. The van der Waals surface area contributed by atoms with Crippen LogP contribution in [0.2, 0.25) is 0 Å². The molecule has 2 heterocycles. The van der Waals surface area contributed by atoms with Crippen molar-refractivity contribution in [2.45, 2.75) is 18.9 Å². The van der Waals surface area contributed by atoms with Crippen LogP contribution in [0.3, 0.4) is 0 Å². The second-order valence-electron chi connectivity index (χ2n) is 5.96. The zero-order valence-electron chi connectivity index (χ0n) is 14.3. The summed E-state index contributed by atoms with van der Waals surface area (Å²) in [5.41, 5.74) is 1.67. The van der Waals surface area contributed by atoms with Crippen LogP contribution >= 0.6 is 0 Å². The molecule has 0 saturated heterocycles. The lowest BCUT2D eigenvalue weighted by atomic mass is 10.1. The number of carboxylic acid groups (broad SMARTS) is 1. The fourth-order valence-electron chi connectivity index (χ4n) is 2.71. The van der Waals surface area contributed by atoms with Gasteiger partial charge in [0, 0.05) is 45.0 Å². The first-order chi connectivity index (χ1) is 12.6. The van der Waals surface area contributed by atoms with Crippen LogP contribution in [0.25, 0.3) is 0 Å². The molecule has 134 valence electrons. The van der Waals surface area contributed by atoms with Gasteiger partial charge < -0.3 is 10.0 Å². The number of hydrogen-bond donors (Lipinski definition) is 1. The van der Waals surface area contributed by atoms with Gasteiger partial charge in [-0.3, -0.25) is 19.8 Å². The molecule has 0 fully saturated rings. The van der Waals surface area contributed by atoms with E-state index in [-0.39, 0.29) is 18.0 Å². The predicted molar refractivity (Wildman–Crippen MR) is 95.8 cm³/mol. The number of hydrazone groups is 1. The van der Waals surface area contributed by atoms with E-state index in [1.54, 1.807) is 49.9 Å². The molecule has 1 N–H and O–H groups in total. The third-order valence-electron chi connectivity index (χ3n) is 4.13. The minimum absolute atomic E-state index is 0.0680. The summed E-state index contributed by atoms with van der Waals surface area (Å²) in [7, 11) is 1.67. The molecular formula is C18H19N5O3. The van der Waals surface area contributed by atoms with Crippen LogP contribution in [0.1, 0.15) is 12.1 Å². The van der Waals surface area contributed by atoms with Crippen molar-refractivity contribution in [3.05, 3.63) is 54.6 Å². The van der Waals surface area contributed by atoms with E-state index >= 15 is 0 Å². The molecule has 0 saturated carbocycles. The minimum atomic E-state index is -1.01. The van der Waals surface area contributed by atoms with Crippen LogP contribution in [0, 0.1) is 0 Å². The largest absolute Gasteiger partial charge is 0.480 e. The smallest absolute Gasteiger partial charge is 0.328 e.